The van der Waals surface area contributed by atoms with Crippen molar-refractivity contribution in [3.8, 4) is 5.75 Å². The van der Waals surface area contributed by atoms with E-state index in [2.05, 4.69) is 15.3 Å². The first-order valence-corrected chi connectivity index (χ1v) is 10.1. The third-order valence-electron chi connectivity index (χ3n) is 5.31. The maximum absolute atomic E-state index is 13.2. The molecular formula is C22H22F3N5O2. The Morgan fingerprint density at radius 1 is 1.22 bits per heavy atom. The number of hydrogen-bond donors (Lipinski definition) is 2. The zero-order chi connectivity index (χ0) is 23.2. The number of nitrogen functional groups attached to an aromatic ring is 1. The van der Waals surface area contributed by atoms with Crippen LogP contribution in [0.3, 0.4) is 0 Å². The van der Waals surface area contributed by atoms with Crippen LogP contribution in [-0.2, 0) is 11.0 Å². The molecule has 0 saturated heterocycles. The van der Waals surface area contributed by atoms with E-state index in [-0.39, 0.29) is 18.2 Å². The van der Waals surface area contributed by atoms with Gasteiger partial charge in [0.1, 0.15) is 17.4 Å². The number of carbonyl (C=O) groups excluding carboxylic acids is 1. The van der Waals surface area contributed by atoms with Gasteiger partial charge in [0.25, 0.3) is 5.91 Å². The Hall–Kier alpha value is -3.56. The third-order valence-corrected chi connectivity index (χ3v) is 5.31. The maximum Gasteiger partial charge on any atom is 0.416 e. The summed E-state index contributed by atoms with van der Waals surface area (Å²) in [4.78, 5) is 22.7. The number of nitrogens with one attached hydrogen (secondary N) is 1. The summed E-state index contributed by atoms with van der Waals surface area (Å²) in [5, 5.41) is 3.80. The van der Waals surface area contributed by atoms with E-state index in [9.17, 15) is 18.0 Å². The second kappa shape index (κ2) is 7.85. The van der Waals surface area contributed by atoms with E-state index in [0.29, 0.717) is 46.1 Å². The van der Waals surface area contributed by atoms with Crippen LogP contribution in [-0.4, -0.2) is 29.0 Å². The van der Waals surface area contributed by atoms with Gasteiger partial charge in [0, 0.05) is 23.7 Å². The Balaban J connectivity index is 1.77. The second-order valence-electron chi connectivity index (χ2n) is 7.64. The highest BCUT2D eigenvalue weighted by atomic mass is 19.4. The number of rotatable bonds is 4. The molecule has 0 saturated carbocycles. The van der Waals surface area contributed by atoms with Gasteiger partial charge in [0.05, 0.1) is 22.8 Å². The second-order valence-corrected chi connectivity index (χ2v) is 7.64. The van der Waals surface area contributed by atoms with Gasteiger partial charge in [0.2, 0.25) is 0 Å². The molecule has 2 heterocycles. The number of likely N-dealkylation sites (N-methyl/N-ethyl adjacent to an activating group) is 1. The first kappa shape index (κ1) is 21.7. The summed E-state index contributed by atoms with van der Waals surface area (Å²) < 4.78 is 45.2. The lowest BCUT2D eigenvalue weighted by atomic mass is 10.0. The van der Waals surface area contributed by atoms with Crippen molar-refractivity contribution in [2.75, 3.05) is 29.1 Å². The summed E-state index contributed by atoms with van der Waals surface area (Å²) in [5.74, 6) is 1.30. The number of halogens is 3. The molecule has 1 atom stereocenters. The number of nitrogens with zero attached hydrogens (tertiary/aromatic N) is 3. The van der Waals surface area contributed by atoms with Gasteiger partial charge in [-0.15, -0.1) is 0 Å². The van der Waals surface area contributed by atoms with Crippen LogP contribution in [0, 0.1) is 6.92 Å². The van der Waals surface area contributed by atoms with Gasteiger partial charge >= 0.3 is 6.18 Å². The first-order chi connectivity index (χ1) is 15.1. The number of hydrogen-bond acceptors (Lipinski definition) is 6. The average molecular weight is 445 g/mol. The summed E-state index contributed by atoms with van der Waals surface area (Å²) in [5.41, 5.74) is 6.49. The van der Waals surface area contributed by atoms with Crippen LogP contribution in [0.4, 0.5) is 30.4 Å². The number of anilines is 3. The van der Waals surface area contributed by atoms with Crippen LogP contribution in [0.5, 0.6) is 5.75 Å². The maximum atomic E-state index is 13.2. The van der Waals surface area contributed by atoms with Crippen LogP contribution < -0.4 is 20.7 Å². The smallest absolute Gasteiger partial charge is 0.416 e. The Kier molecular flexibility index (Phi) is 5.31. The van der Waals surface area contributed by atoms with Gasteiger partial charge in [-0.05, 0) is 50.6 Å². The van der Waals surface area contributed by atoms with E-state index in [4.69, 9.17) is 10.5 Å². The molecule has 7 nitrogen and oxygen atoms in total. The van der Waals surface area contributed by atoms with Gasteiger partial charge < -0.3 is 20.7 Å². The highest BCUT2D eigenvalue weighted by Gasteiger charge is 2.31. The molecular weight excluding hydrogens is 423 g/mol. The standard InChI is InChI=1S/C22H22F3N5O2/c1-4-30-18-8-16-17(9-19(18)32-10-20(30)31)28-12(3)29-21(16)27-11(2)13-5-14(22(23,24)25)7-15(26)6-13/h5-9,11H,4,10,26H2,1-3H3,(H,27,28,29)/t11-/m1/s1. The van der Waals surface area contributed by atoms with Crippen molar-refractivity contribution in [2.24, 2.45) is 0 Å². The van der Waals surface area contributed by atoms with E-state index < -0.39 is 17.8 Å². The number of benzene rings is 2. The van der Waals surface area contributed by atoms with Gasteiger partial charge in [-0.1, -0.05) is 0 Å². The van der Waals surface area contributed by atoms with E-state index in [1.807, 2.05) is 6.92 Å². The number of aromatic nitrogens is 2. The van der Waals surface area contributed by atoms with Crippen molar-refractivity contribution in [1.29, 1.82) is 0 Å². The minimum atomic E-state index is -4.50. The molecule has 3 aromatic rings. The van der Waals surface area contributed by atoms with E-state index >= 15 is 0 Å². The van der Waals surface area contributed by atoms with Crippen LogP contribution in [0.2, 0.25) is 0 Å². The Labute approximate surface area is 182 Å². The number of carbonyl (C=O) groups is 1. The zero-order valence-electron chi connectivity index (χ0n) is 17.7. The number of ether oxygens (including phenoxy) is 1. The van der Waals surface area contributed by atoms with Crippen LogP contribution in [0.15, 0.2) is 30.3 Å². The molecule has 0 radical (unpaired) electrons. The molecule has 1 aromatic heterocycles. The molecule has 0 bridgehead atoms. The number of fused-ring (bicyclic) bond motifs is 2. The lowest BCUT2D eigenvalue weighted by Crippen LogP contribution is -2.38. The molecule has 3 N–H and O–H groups in total. The van der Waals surface area contributed by atoms with Crippen LogP contribution in [0.25, 0.3) is 10.9 Å². The molecule has 10 heteroatoms. The lowest BCUT2D eigenvalue weighted by molar-refractivity contribution is -0.137. The molecule has 0 fully saturated rings. The van der Waals surface area contributed by atoms with Crippen LogP contribution >= 0.6 is 0 Å². The first-order valence-electron chi connectivity index (χ1n) is 10.1. The molecule has 168 valence electrons. The van der Waals surface area contributed by atoms with Crippen molar-refractivity contribution in [1.82, 2.24) is 9.97 Å². The van der Waals surface area contributed by atoms with Gasteiger partial charge in [-0.2, -0.15) is 13.2 Å². The van der Waals surface area contributed by atoms with Crippen molar-refractivity contribution in [2.45, 2.75) is 33.0 Å². The molecule has 1 amide bonds. The topological polar surface area (TPSA) is 93.4 Å². The minimum absolute atomic E-state index is 0.0236. The lowest BCUT2D eigenvalue weighted by Gasteiger charge is -2.29. The SMILES string of the molecule is CCN1C(=O)COc2cc3nc(C)nc(N[C@H](C)c4cc(N)cc(C(F)(F)F)c4)c3cc21. The Bertz CT molecular complexity index is 1210. The van der Waals surface area contributed by atoms with Gasteiger partial charge in [-0.25, -0.2) is 9.97 Å². The fourth-order valence-electron chi connectivity index (χ4n) is 3.77. The Morgan fingerprint density at radius 2 is 1.97 bits per heavy atom. The molecule has 0 aliphatic carbocycles. The van der Waals surface area contributed by atoms with Crippen LogP contribution in [0.1, 0.15) is 36.8 Å². The number of aryl methyl sites for hydroxylation is 1. The number of nitrogens with two attached hydrogens (primary N) is 1. The summed E-state index contributed by atoms with van der Waals surface area (Å²) in [6, 6.07) is 6.44. The monoisotopic (exact) mass is 445 g/mol. The summed E-state index contributed by atoms with van der Waals surface area (Å²) in [6.45, 7) is 5.73. The quantitative estimate of drug-likeness (QED) is 0.576. The fourth-order valence-corrected chi connectivity index (χ4v) is 3.77. The third kappa shape index (κ3) is 4.00. The van der Waals surface area contributed by atoms with Crippen molar-refractivity contribution in [3.05, 3.63) is 47.3 Å². The van der Waals surface area contributed by atoms with Gasteiger partial charge in [0.15, 0.2) is 6.61 Å². The average Bonchev–Trinajstić information content (AvgIpc) is 2.71. The molecule has 0 spiro atoms. The number of amides is 1. The van der Waals surface area contributed by atoms with Gasteiger partial charge in [-0.3, -0.25) is 4.79 Å². The van der Waals surface area contributed by atoms with Crippen molar-refractivity contribution in [3.63, 3.8) is 0 Å². The molecule has 32 heavy (non-hydrogen) atoms. The predicted molar refractivity (Wildman–Crippen MR) is 116 cm³/mol. The highest BCUT2D eigenvalue weighted by Crippen LogP contribution is 2.38. The van der Waals surface area contributed by atoms with E-state index in [0.717, 1.165) is 12.1 Å². The molecule has 1 aliphatic rings. The largest absolute Gasteiger partial charge is 0.481 e. The van der Waals surface area contributed by atoms with E-state index in [1.54, 1.807) is 30.9 Å². The van der Waals surface area contributed by atoms with E-state index in [1.165, 1.54) is 6.07 Å². The highest BCUT2D eigenvalue weighted by molar-refractivity contribution is 6.02. The zero-order valence-corrected chi connectivity index (χ0v) is 17.7. The molecule has 0 unspecified atom stereocenters. The van der Waals surface area contributed by atoms with Crippen molar-refractivity contribution >= 4 is 34.0 Å². The number of alkyl halides is 3. The molecule has 1 aliphatic heterocycles. The summed E-state index contributed by atoms with van der Waals surface area (Å²) >= 11 is 0. The molecule has 2 aromatic carbocycles. The summed E-state index contributed by atoms with van der Waals surface area (Å²) in [7, 11) is 0. The summed E-state index contributed by atoms with van der Waals surface area (Å²) in [6.07, 6.45) is -4.50. The van der Waals surface area contributed by atoms with Crippen molar-refractivity contribution < 1.29 is 22.7 Å². The Morgan fingerprint density at radius 3 is 2.66 bits per heavy atom. The minimum Gasteiger partial charge on any atom is -0.481 e. The normalized spacial score (nSPS) is 14.8. The predicted octanol–water partition coefficient (Wildman–Crippen LogP) is 4.46. The molecule has 4 rings (SSSR count). The fraction of sp³-hybridized carbons (Fsp3) is 0.318.